The third-order valence-corrected chi connectivity index (χ3v) is 4.31. The van der Waals surface area contributed by atoms with Gasteiger partial charge in [-0.05, 0) is 34.7 Å². The van der Waals surface area contributed by atoms with Crippen LogP contribution in [0.4, 0.5) is 5.69 Å². The molecule has 1 N–H and O–H groups in total. The van der Waals surface area contributed by atoms with Gasteiger partial charge in [0.1, 0.15) is 13.2 Å². The molecule has 0 unspecified atom stereocenters. The Morgan fingerprint density at radius 2 is 1.88 bits per heavy atom. The van der Waals surface area contributed by atoms with Gasteiger partial charge in [0.25, 0.3) is 0 Å². The number of anilines is 1. The van der Waals surface area contributed by atoms with Crippen LogP contribution in [-0.4, -0.2) is 19.1 Å². The van der Waals surface area contributed by atoms with Crippen molar-refractivity contribution in [1.29, 1.82) is 0 Å². The van der Waals surface area contributed by atoms with Crippen molar-refractivity contribution in [3.63, 3.8) is 0 Å². The summed E-state index contributed by atoms with van der Waals surface area (Å²) in [4.78, 5) is 12.5. The summed E-state index contributed by atoms with van der Waals surface area (Å²) in [5, 5.41) is 3.48. The lowest BCUT2D eigenvalue weighted by Gasteiger charge is -2.23. The Bertz CT molecular complexity index is 796. The van der Waals surface area contributed by atoms with Crippen LogP contribution in [0.15, 0.2) is 36.4 Å². The van der Waals surface area contributed by atoms with Crippen LogP contribution in [0.2, 0.25) is 5.02 Å². The number of hydrogen-bond donors (Lipinski definition) is 1. The molecule has 1 aliphatic rings. The predicted molar refractivity (Wildman–Crippen MR) is 99.9 cm³/mol. The molecular formula is C20H22ClNO3. The second kappa shape index (κ2) is 6.96. The highest BCUT2D eigenvalue weighted by molar-refractivity contribution is 6.32. The van der Waals surface area contributed by atoms with Crippen LogP contribution in [0.1, 0.15) is 31.9 Å². The Kier molecular flexibility index (Phi) is 4.91. The highest BCUT2D eigenvalue weighted by Crippen LogP contribution is 2.38. The Hall–Kier alpha value is -2.20. The van der Waals surface area contributed by atoms with Gasteiger partial charge < -0.3 is 14.8 Å². The number of halogens is 1. The topological polar surface area (TPSA) is 47.6 Å². The molecule has 2 aromatic carbocycles. The average Bonchev–Trinajstić information content (AvgIpc) is 2.54. The van der Waals surface area contributed by atoms with Gasteiger partial charge >= 0.3 is 0 Å². The minimum absolute atomic E-state index is 0.0514. The minimum Gasteiger partial charge on any atom is -0.486 e. The fourth-order valence-corrected chi connectivity index (χ4v) is 3.18. The summed E-state index contributed by atoms with van der Waals surface area (Å²) in [6.45, 7) is 7.34. The van der Waals surface area contributed by atoms with E-state index in [0.29, 0.717) is 29.7 Å². The summed E-state index contributed by atoms with van der Waals surface area (Å²) in [7, 11) is 0. The van der Waals surface area contributed by atoms with Gasteiger partial charge in [-0.3, -0.25) is 4.79 Å². The number of para-hydroxylation sites is 1. The maximum atomic E-state index is 12.5. The van der Waals surface area contributed by atoms with Gasteiger partial charge in [-0.1, -0.05) is 50.6 Å². The van der Waals surface area contributed by atoms with E-state index in [1.165, 1.54) is 0 Å². The Labute approximate surface area is 153 Å². The monoisotopic (exact) mass is 359 g/mol. The molecule has 0 aliphatic carbocycles. The molecule has 0 saturated carbocycles. The van der Waals surface area contributed by atoms with Gasteiger partial charge in [-0.25, -0.2) is 0 Å². The quantitative estimate of drug-likeness (QED) is 0.871. The third kappa shape index (κ3) is 4.07. The van der Waals surface area contributed by atoms with Crippen LogP contribution in [0.5, 0.6) is 11.5 Å². The average molecular weight is 360 g/mol. The van der Waals surface area contributed by atoms with E-state index in [1.807, 2.05) is 30.3 Å². The Morgan fingerprint density at radius 3 is 2.64 bits per heavy atom. The van der Waals surface area contributed by atoms with E-state index in [4.69, 9.17) is 21.1 Å². The SMILES string of the molecule is CC(C)(C)c1ccccc1NC(=O)Cc1cc(Cl)c2c(c1)OCCO2. The molecule has 25 heavy (non-hydrogen) atoms. The third-order valence-electron chi connectivity index (χ3n) is 4.03. The van der Waals surface area contributed by atoms with Gasteiger partial charge in [0, 0.05) is 5.69 Å². The summed E-state index contributed by atoms with van der Waals surface area (Å²) < 4.78 is 11.1. The lowest BCUT2D eigenvalue weighted by atomic mass is 9.86. The molecule has 0 bridgehead atoms. The molecule has 132 valence electrons. The van der Waals surface area contributed by atoms with E-state index < -0.39 is 0 Å². The number of rotatable bonds is 3. The number of fused-ring (bicyclic) bond motifs is 1. The van der Waals surface area contributed by atoms with Crippen molar-refractivity contribution in [2.75, 3.05) is 18.5 Å². The molecule has 0 radical (unpaired) electrons. The molecule has 1 aliphatic heterocycles. The maximum absolute atomic E-state index is 12.5. The normalized spacial score (nSPS) is 13.4. The van der Waals surface area contributed by atoms with E-state index in [-0.39, 0.29) is 17.7 Å². The van der Waals surface area contributed by atoms with Crippen molar-refractivity contribution in [2.24, 2.45) is 0 Å². The lowest BCUT2D eigenvalue weighted by Crippen LogP contribution is -2.20. The zero-order valence-electron chi connectivity index (χ0n) is 14.7. The molecular weight excluding hydrogens is 338 g/mol. The Balaban J connectivity index is 1.77. The number of hydrogen-bond acceptors (Lipinski definition) is 3. The minimum atomic E-state index is -0.0931. The number of nitrogens with one attached hydrogen (secondary N) is 1. The van der Waals surface area contributed by atoms with E-state index in [9.17, 15) is 4.79 Å². The largest absolute Gasteiger partial charge is 0.486 e. The predicted octanol–water partition coefficient (Wildman–Crippen LogP) is 4.59. The van der Waals surface area contributed by atoms with Gasteiger partial charge in [0.15, 0.2) is 11.5 Å². The summed E-state index contributed by atoms with van der Waals surface area (Å²) >= 11 is 6.24. The number of benzene rings is 2. The lowest BCUT2D eigenvalue weighted by molar-refractivity contribution is -0.115. The molecule has 0 fully saturated rings. The van der Waals surface area contributed by atoms with Crippen molar-refractivity contribution < 1.29 is 14.3 Å². The van der Waals surface area contributed by atoms with Crippen molar-refractivity contribution >= 4 is 23.2 Å². The zero-order chi connectivity index (χ0) is 18.0. The van der Waals surface area contributed by atoms with Gasteiger partial charge in [0.05, 0.1) is 11.4 Å². The molecule has 5 heteroatoms. The molecule has 1 heterocycles. The van der Waals surface area contributed by atoms with Gasteiger partial charge in [-0.15, -0.1) is 0 Å². The van der Waals surface area contributed by atoms with Crippen LogP contribution in [0.25, 0.3) is 0 Å². The van der Waals surface area contributed by atoms with E-state index in [0.717, 1.165) is 16.8 Å². The van der Waals surface area contributed by atoms with Gasteiger partial charge in [0.2, 0.25) is 5.91 Å². The highest BCUT2D eigenvalue weighted by atomic mass is 35.5. The number of carbonyl (C=O) groups excluding carboxylic acids is 1. The van der Waals surface area contributed by atoms with E-state index in [2.05, 4.69) is 26.1 Å². The van der Waals surface area contributed by atoms with E-state index in [1.54, 1.807) is 6.07 Å². The van der Waals surface area contributed by atoms with Crippen molar-refractivity contribution in [3.8, 4) is 11.5 Å². The number of amides is 1. The molecule has 4 nitrogen and oxygen atoms in total. The Morgan fingerprint density at radius 1 is 1.16 bits per heavy atom. The second-order valence-corrected chi connectivity index (χ2v) is 7.53. The summed E-state index contributed by atoms with van der Waals surface area (Å²) in [6.07, 6.45) is 0.217. The maximum Gasteiger partial charge on any atom is 0.228 e. The number of ether oxygens (including phenoxy) is 2. The fraction of sp³-hybridized carbons (Fsp3) is 0.350. The molecule has 0 aromatic heterocycles. The van der Waals surface area contributed by atoms with Crippen LogP contribution in [0.3, 0.4) is 0 Å². The van der Waals surface area contributed by atoms with Crippen LogP contribution in [0, 0.1) is 0 Å². The number of carbonyl (C=O) groups is 1. The summed E-state index contributed by atoms with van der Waals surface area (Å²) in [5.74, 6) is 1.05. The first-order valence-electron chi connectivity index (χ1n) is 8.32. The summed E-state index contributed by atoms with van der Waals surface area (Å²) in [5.41, 5.74) is 2.68. The van der Waals surface area contributed by atoms with Crippen LogP contribution >= 0.6 is 11.6 Å². The molecule has 0 atom stereocenters. The first-order valence-corrected chi connectivity index (χ1v) is 8.70. The van der Waals surface area contributed by atoms with Crippen molar-refractivity contribution in [2.45, 2.75) is 32.6 Å². The molecule has 3 rings (SSSR count). The van der Waals surface area contributed by atoms with Crippen molar-refractivity contribution in [1.82, 2.24) is 0 Å². The first kappa shape index (κ1) is 17.6. The van der Waals surface area contributed by atoms with Gasteiger partial charge in [-0.2, -0.15) is 0 Å². The van der Waals surface area contributed by atoms with Crippen LogP contribution in [-0.2, 0) is 16.6 Å². The highest BCUT2D eigenvalue weighted by Gasteiger charge is 2.20. The van der Waals surface area contributed by atoms with E-state index >= 15 is 0 Å². The molecule has 0 spiro atoms. The van der Waals surface area contributed by atoms with Crippen LogP contribution < -0.4 is 14.8 Å². The first-order chi connectivity index (χ1) is 11.8. The second-order valence-electron chi connectivity index (χ2n) is 7.12. The van der Waals surface area contributed by atoms with Crippen molar-refractivity contribution in [3.05, 3.63) is 52.5 Å². The fourth-order valence-electron chi connectivity index (χ4n) is 2.89. The molecule has 2 aromatic rings. The smallest absolute Gasteiger partial charge is 0.228 e. The zero-order valence-corrected chi connectivity index (χ0v) is 15.4. The summed E-state index contributed by atoms with van der Waals surface area (Å²) in [6, 6.07) is 11.4. The standard InChI is InChI=1S/C20H22ClNO3/c1-20(2,3)14-6-4-5-7-16(14)22-18(23)12-13-10-15(21)19-17(11-13)24-8-9-25-19/h4-7,10-11H,8-9,12H2,1-3H3,(H,22,23). The molecule has 1 amide bonds. The molecule has 0 saturated heterocycles.